The predicted molar refractivity (Wildman–Crippen MR) is 108 cm³/mol. The van der Waals surface area contributed by atoms with Gasteiger partial charge in [-0.3, -0.25) is 9.48 Å². The number of carbonyl (C=O) groups excluding carboxylic acids is 2. The number of amides is 2. The van der Waals surface area contributed by atoms with Gasteiger partial charge >= 0.3 is 6.09 Å². The van der Waals surface area contributed by atoms with E-state index >= 15 is 0 Å². The first-order valence-electron chi connectivity index (χ1n) is 10.6. The number of nitrogens with one attached hydrogen (secondary N) is 1. The number of fused-ring (bicyclic) bond motifs is 1. The lowest BCUT2D eigenvalue weighted by Gasteiger charge is -2.61. The summed E-state index contributed by atoms with van der Waals surface area (Å²) in [5, 5.41) is 8.17. The van der Waals surface area contributed by atoms with Gasteiger partial charge in [0.2, 0.25) is 5.91 Å². The summed E-state index contributed by atoms with van der Waals surface area (Å²) in [4.78, 5) is 26.4. The molecule has 4 aliphatic rings. The second kappa shape index (κ2) is 6.43. The molecule has 3 aliphatic carbocycles. The first kappa shape index (κ1) is 19.3. The smallest absolute Gasteiger partial charge is 0.410 e. The highest BCUT2D eigenvalue weighted by Gasteiger charge is 2.57. The third-order valence-electron chi connectivity index (χ3n) is 6.41. The minimum absolute atomic E-state index is 0.000671. The summed E-state index contributed by atoms with van der Waals surface area (Å²) in [6, 6.07) is 4.82. The fraction of sp³-hybridized carbons (Fsp3) is 0.591. The fourth-order valence-corrected chi connectivity index (χ4v) is 4.85. The van der Waals surface area contributed by atoms with E-state index in [0.29, 0.717) is 29.7 Å². The number of hydrogen-bond acceptors (Lipinski definition) is 4. The van der Waals surface area contributed by atoms with Crippen molar-refractivity contribution in [1.29, 1.82) is 0 Å². The van der Waals surface area contributed by atoms with Crippen LogP contribution in [0.2, 0.25) is 0 Å². The largest absolute Gasteiger partial charge is 0.444 e. The Kier molecular flexibility index (Phi) is 4.14. The van der Waals surface area contributed by atoms with Crippen LogP contribution >= 0.6 is 0 Å². The number of aromatic nitrogens is 2. The zero-order valence-corrected chi connectivity index (χ0v) is 17.6. The Hall–Kier alpha value is -2.64. The van der Waals surface area contributed by atoms with Gasteiger partial charge in [0.05, 0.1) is 16.6 Å². The van der Waals surface area contributed by atoms with Crippen molar-refractivity contribution in [3.63, 3.8) is 0 Å². The molecule has 1 aromatic carbocycles. The van der Waals surface area contributed by atoms with Crippen LogP contribution in [0.4, 0.5) is 9.18 Å². The van der Waals surface area contributed by atoms with Crippen LogP contribution in [0.3, 0.4) is 0 Å². The zero-order chi connectivity index (χ0) is 21.3. The second-order valence-electron chi connectivity index (χ2n) is 10.1. The van der Waals surface area contributed by atoms with Crippen LogP contribution < -0.4 is 5.32 Å². The summed E-state index contributed by atoms with van der Waals surface area (Å²) < 4.78 is 21.7. The Balaban J connectivity index is 1.33. The van der Waals surface area contributed by atoms with Crippen molar-refractivity contribution in [2.75, 3.05) is 13.1 Å². The van der Waals surface area contributed by atoms with Crippen LogP contribution in [0.25, 0.3) is 10.9 Å². The first-order valence-corrected chi connectivity index (χ1v) is 10.6. The lowest BCUT2D eigenvalue weighted by molar-refractivity contribution is -0.133. The van der Waals surface area contributed by atoms with Crippen molar-refractivity contribution >= 4 is 22.9 Å². The van der Waals surface area contributed by atoms with E-state index in [0.717, 1.165) is 25.2 Å². The normalized spacial score (nSPS) is 25.3. The van der Waals surface area contributed by atoms with Gasteiger partial charge in [0, 0.05) is 24.5 Å². The summed E-state index contributed by atoms with van der Waals surface area (Å²) >= 11 is 0. The molecule has 2 bridgehead atoms. The summed E-state index contributed by atoms with van der Waals surface area (Å²) in [6.07, 6.45) is 2.84. The summed E-state index contributed by atoms with van der Waals surface area (Å²) in [5.41, 5.74) is 0.645. The number of hydrogen-bond donors (Lipinski definition) is 1. The van der Waals surface area contributed by atoms with Gasteiger partial charge in [-0.15, -0.1) is 0 Å². The highest BCUT2D eigenvalue weighted by molar-refractivity contribution is 5.86. The molecule has 7 nitrogen and oxygen atoms in total. The number of carbonyl (C=O) groups is 2. The summed E-state index contributed by atoms with van der Waals surface area (Å²) in [5.74, 6) is 0.253. The van der Waals surface area contributed by atoms with E-state index in [9.17, 15) is 14.0 Å². The van der Waals surface area contributed by atoms with Crippen LogP contribution in [0.1, 0.15) is 51.6 Å². The maximum Gasteiger partial charge on any atom is 0.410 e. The van der Waals surface area contributed by atoms with Crippen molar-refractivity contribution in [3.8, 4) is 0 Å². The molecule has 8 heteroatoms. The molecule has 3 saturated carbocycles. The van der Waals surface area contributed by atoms with Crippen LogP contribution in [0.15, 0.2) is 18.2 Å². The number of benzene rings is 1. The maximum absolute atomic E-state index is 14.7. The lowest BCUT2D eigenvalue weighted by atomic mass is 9.50. The molecule has 1 saturated heterocycles. The van der Waals surface area contributed by atoms with Crippen LogP contribution in [0.5, 0.6) is 0 Å². The zero-order valence-electron chi connectivity index (χ0n) is 17.6. The highest BCUT2D eigenvalue weighted by Crippen LogP contribution is 2.56. The average Bonchev–Trinajstić information content (AvgIpc) is 2.86. The van der Waals surface area contributed by atoms with Crippen molar-refractivity contribution in [2.45, 2.75) is 63.6 Å². The monoisotopic (exact) mass is 414 g/mol. The van der Waals surface area contributed by atoms with Crippen molar-refractivity contribution in [2.24, 2.45) is 5.92 Å². The molecule has 6 rings (SSSR count). The van der Waals surface area contributed by atoms with Gasteiger partial charge in [-0.25, -0.2) is 9.18 Å². The molecular formula is C22H27FN4O3. The molecule has 1 N–H and O–H groups in total. The maximum atomic E-state index is 14.7. The molecule has 2 heterocycles. The molecule has 0 unspecified atom stereocenters. The number of halogens is 1. The molecular weight excluding hydrogens is 387 g/mol. The SMILES string of the molecule is CC(C)(C)OC(=O)N1CC(c2nn(CC(=O)NC34CC(C3)C4)c3cccc(F)c23)C1. The van der Waals surface area contributed by atoms with Crippen molar-refractivity contribution < 1.29 is 18.7 Å². The van der Waals surface area contributed by atoms with Gasteiger partial charge in [-0.1, -0.05) is 6.07 Å². The van der Waals surface area contributed by atoms with Gasteiger partial charge < -0.3 is 15.0 Å². The topological polar surface area (TPSA) is 76.5 Å². The number of rotatable bonds is 4. The molecule has 0 spiro atoms. The molecule has 1 aromatic heterocycles. The second-order valence-corrected chi connectivity index (χ2v) is 10.1. The van der Waals surface area contributed by atoms with Gasteiger partial charge in [0.1, 0.15) is 18.0 Å². The molecule has 2 aromatic rings. The molecule has 1 aliphatic heterocycles. The third kappa shape index (κ3) is 3.22. The molecule has 0 radical (unpaired) electrons. The van der Waals surface area contributed by atoms with E-state index in [-0.39, 0.29) is 35.8 Å². The van der Waals surface area contributed by atoms with E-state index in [1.54, 1.807) is 21.7 Å². The number of likely N-dealkylation sites (tertiary alicyclic amines) is 1. The van der Waals surface area contributed by atoms with E-state index in [2.05, 4.69) is 10.4 Å². The van der Waals surface area contributed by atoms with Crippen LogP contribution in [-0.2, 0) is 16.1 Å². The van der Waals surface area contributed by atoms with Gasteiger partial charge in [-0.2, -0.15) is 5.10 Å². The summed E-state index contributed by atoms with van der Waals surface area (Å²) in [6.45, 7) is 6.38. The molecule has 2 amide bonds. The van der Waals surface area contributed by atoms with Gasteiger partial charge in [0.25, 0.3) is 0 Å². The lowest BCUT2D eigenvalue weighted by Crippen LogP contribution is -2.68. The minimum atomic E-state index is -0.559. The Labute approximate surface area is 174 Å². The van der Waals surface area contributed by atoms with Crippen LogP contribution in [-0.4, -0.2) is 50.9 Å². The molecule has 160 valence electrons. The predicted octanol–water partition coefficient (Wildman–Crippen LogP) is 3.18. The van der Waals surface area contributed by atoms with Crippen molar-refractivity contribution in [1.82, 2.24) is 20.0 Å². The van der Waals surface area contributed by atoms with E-state index in [1.165, 1.54) is 6.07 Å². The highest BCUT2D eigenvalue weighted by atomic mass is 19.1. The van der Waals surface area contributed by atoms with Gasteiger partial charge in [-0.05, 0) is 58.1 Å². The number of ether oxygens (including phenoxy) is 1. The molecule has 4 fully saturated rings. The quantitative estimate of drug-likeness (QED) is 0.834. The van der Waals surface area contributed by atoms with E-state index < -0.39 is 5.60 Å². The Bertz CT molecular complexity index is 1020. The Morgan fingerprint density at radius 1 is 1.27 bits per heavy atom. The average molecular weight is 414 g/mol. The van der Waals surface area contributed by atoms with E-state index in [4.69, 9.17) is 4.74 Å². The molecule has 0 atom stereocenters. The standard InChI is InChI=1S/C22H27FN4O3/c1-21(2,3)30-20(29)26-10-14(11-26)19-18-15(23)5-4-6-16(18)27(25-19)12-17(28)24-22-7-13(8-22)9-22/h4-6,13-14H,7-12H2,1-3H3,(H,24,28). The van der Waals surface area contributed by atoms with E-state index in [1.807, 2.05) is 20.8 Å². The van der Waals surface area contributed by atoms with Gasteiger partial charge in [0.15, 0.2) is 0 Å². The number of nitrogens with zero attached hydrogens (tertiary/aromatic N) is 3. The Morgan fingerprint density at radius 2 is 1.97 bits per heavy atom. The van der Waals surface area contributed by atoms with Crippen molar-refractivity contribution in [3.05, 3.63) is 29.7 Å². The minimum Gasteiger partial charge on any atom is -0.444 e. The fourth-order valence-electron chi connectivity index (χ4n) is 4.85. The van der Waals surface area contributed by atoms with Crippen LogP contribution in [0, 0.1) is 11.7 Å². The molecule has 30 heavy (non-hydrogen) atoms. The first-order chi connectivity index (χ1) is 14.1. The summed E-state index contributed by atoms with van der Waals surface area (Å²) in [7, 11) is 0. The Morgan fingerprint density at radius 3 is 2.57 bits per heavy atom. The third-order valence-corrected chi connectivity index (χ3v) is 6.41.